The van der Waals surface area contributed by atoms with Gasteiger partial charge in [-0.1, -0.05) is 23.7 Å². The Bertz CT molecular complexity index is 753. The summed E-state index contributed by atoms with van der Waals surface area (Å²) in [5, 5.41) is 11.6. The monoisotopic (exact) mass is 303 g/mol. The fraction of sp³-hybridized carbons (Fsp3) is 0.154. The molecule has 3 rings (SSSR count). The Morgan fingerprint density at radius 2 is 2.00 bits per heavy atom. The third kappa shape index (κ3) is 2.74. The summed E-state index contributed by atoms with van der Waals surface area (Å²) in [6.07, 6.45) is 1.67. The highest BCUT2D eigenvalue weighted by Crippen LogP contribution is 2.25. The van der Waals surface area contributed by atoms with E-state index >= 15 is 0 Å². The van der Waals surface area contributed by atoms with Crippen LogP contribution < -0.4 is 16.6 Å². The smallest absolute Gasteiger partial charge is 0.241 e. The molecule has 0 aliphatic carbocycles. The topological polar surface area (TPSA) is 105 Å². The summed E-state index contributed by atoms with van der Waals surface area (Å²) in [5.74, 6) is 6.36. The first-order chi connectivity index (χ1) is 10.2. The number of aromatic nitrogens is 4. The Kier molecular flexibility index (Phi) is 3.59. The van der Waals surface area contributed by atoms with E-state index in [4.69, 9.17) is 17.4 Å². The van der Waals surface area contributed by atoms with Crippen LogP contribution in [-0.4, -0.2) is 20.2 Å². The molecule has 0 radical (unpaired) electrons. The number of hydrogen-bond acceptors (Lipinski definition) is 6. The molecule has 21 heavy (non-hydrogen) atoms. The second-order valence-corrected chi connectivity index (χ2v) is 5.03. The Balaban J connectivity index is 1.93. The summed E-state index contributed by atoms with van der Waals surface area (Å²) in [6, 6.07) is 7.69. The zero-order chi connectivity index (χ0) is 14.8. The molecule has 7 nitrogen and oxygen atoms in total. The van der Waals surface area contributed by atoms with E-state index in [0.29, 0.717) is 22.4 Å². The van der Waals surface area contributed by atoms with E-state index in [1.165, 1.54) is 0 Å². The van der Waals surface area contributed by atoms with Gasteiger partial charge in [-0.25, -0.2) is 5.84 Å². The predicted octanol–water partition coefficient (Wildman–Crippen LogP) is 2.46. The first-order valence-corrected chi connectivity index (χ1v) is 6.75. The first kappa shape index (κ1) is 13.6. The van der Waals surface area contributed by atoms with Gasteiger partial charge in [0.1, 0.15) is 5.82 Å². The minimum atomic E-state index is 0.0425. The van der Waals surface area contributed by atoms with Crippen molar-refractivity contribution in [1.29, 1.82) is 0 Å². The lowest BCUT2D eigenvalue weighted by molar-refractivity contribution is 0.876. The van der Waals surface area contributed by atoms with E-state index in [2.05, 4.69) is 30.9 Å². The normalized spacial score (nSPS) is 12.3. The van der Waals surface area contributed by atoms with Crippen LogP contribution in [-0.2, 0) is 0 Å². The highest BCUT2D eigenvalue weighted by Gasteiger charge is 2.12. The molecule has 0 fully saturated rings. The fourth-order valence-electron chi connectivity index (χ4n) is 2.05. The van der Waals surface area contributed by atoms with Crippen molar-refractivity contribution >= 4 is 34.4 Å². The number of nitrogen functional groups attached to an aromatic ring is 1. The standard InChI is InChI=1S/C13H14ClN7/c1-7(8-2-4-9(14)5-3-8)17-11-10-6-16-21-12(10)19-13(18-11)20-15/h2-7H,15H2,1H3,(H3,16,17,18,19,20,21). The van der Waals surface area contributed by atoms with E-state index < -0.39 is 0 Å². The highest BCUT2D eigenvalue weighted by atomic mass is 35.5. The molecule has 1 aromatic carbocycles. The van der Waals surface area contributed by atoms with Crippen LogP contribution in [0.2, 0.25) is 5.02 Å². The number of rotatable bonds is 4. The molecule has 8 heteroatoms. The van der Waals surface area contributed by atoms with Crippen molar-refractivity contribution < 1.29 is 0 Å². The molecule has 1 atom stereocenters. The number of benzene rings is 1. The minimum Gasteiger partial charge on any atom is -0.363 e. The van der Waals surface area contributed by atoms with Crippen molar-refractivity contribution in [1.82, 2.24) is 20.2 Å². The van der Waals surface area contributed by atoms with Crippen LogP contribution in [0.4, 0.5) is 11.8 Å². The molecule has 0 saturated heterocycles. The van der Waals surface area contributed by atoms with Crippen LogP contribution in [0.3, 0.4) is 0 Å². The quantitative estimate of drug-likeness (QED) is 0.436. The molecule has 5 N–H and O–H groups in total. The van der Waals surface area contributed by atoms with Crippen molar-refractivity contribution in [3.05, 3.63) is 41.0 Å². The van der Waals surface area contributed by atoms with Gasteiger partial charge in [0.05, 0.1) is 11.6 Å². The lowest BCUT2D eigenvalue weighted by atomic mass is 10.1. The SMILES string of the molecule is CC(Nc1nc(NN)nc2[nH]ncc12)c1ccc(Cl)cc1. The molecule has 0 aliphatic rings. The van der Waals surface area contributed by atoms with Crippen LogP contribution in [0.5, 0.6) is 0 Å². The average Bonchev–Trinajstić information content (AvgIpc) is 2.96. The van der Waals surface area contributed by atoms with Crippen LogP contribution in [0.25, 0.3) is 11.0 Å². The van der Waals surface area contributed by atoms with E-state index in [9.17, 15) is 0 Å². The van der Waals surface area contributed by atoms with Gasteiger partial charge in [-0.2, -0.15) is 15.1 Å². The maximum Gasteiger partial charge on any atom is 0.241 e. The third-order valence-electron chi connectivity index (χ3n) is 3.16. The molecule has 108 valence electrons. The molecule has 2 heterocycles. The molecular weight excluding hydrogens is 290 g/mol. The van der Waals surface area contributed by atoms with Crippen molar-refractivity contribution in [2.45, 2.75) is 13.0 Å². The zero-order valence-electron chi connectivity index (χ0n) is 11.3. The first-order valence-electron chi connectivity index (χ1n) is 6.37. The van der Waals surface area contributed by atoms with Gasteiger partial charge in [-0.3, -0.25) is 10.5 Å². The number of hydrazine groups is 1. The molecule has 0 aliphatic heterocycles. The predicted molar refractivity (Wildman–Crippen MR) is 83.0 cm³/mol. The summed E-state index contributed by atoms with van der Waals surface area (Å²) in [4.78, 5) is 8.51. The van der Waals surface area contributed by atoms with Gasteiger partial charge < -0.3 is 5.32 Å². The Hall–Kier alpha value is -2.38. The number of halogens is 1. The molecule has 0 amide bonds. The van der Waals surface area contributed by atoms with Gasteiger partial charge in [-0.05, 0) is 24.6 Å². The van der Waals surface area contributed by atoms with E-state index in [-0.39, 0.29) is 6.04 Å². The largest absolute Gasteiger partial charge is 0.363 e. The zero-order valence-corrected chi connectivity index (χ0v) is 12.0. The van der Waals surface area contributed by atoms with Gasteiger partial charge in [-0.15, -0.1) is 0 Å². The highest BCUT2D eigenvalue weighted by molar-refractivity contribution is 6.30. The van der Waals surface area contributed by atoms with Gasteiger partial charge in [0.25, 0.3) is 0 Å². The lowest BCUT2D eigenvalue weighted by Crippen LogP contribution is -2.13. The number of nitrogens with two attached hydrogens (primary N) is 1. The number of fused-ring (bicyclic) bond motifs is 1. The molecule has 1 unspecified atom stereocenters. The molecule has 0 bridgehead atoms. The second kappa shape index (κ2) is 5.55. The summed E-state index contributed by atoms with van der Waals surface area (Å²) in [7, 11) is 0. The van der Waals surface area contributed by atoms with Crippen LogP contribution in [0.1, 0.15) is 18.5 Å². The molecular formula is C13H14ClN7. The van der Waals surface area contributed by atoms with Crippen molar-refractivity contribution in [3.8, 4) is 0 Å². The molecule has 3 aromatic rings. The van der Waals surface area contributed by atoms with E-state index in [1.807, 2.05) is 31.2 Å². The van der Waals surface area contributed by atoms with Crippen LogP contribution in [0.15, 0.2) is 30.5 Å². The summed E-state index contributed by atoms with van der Waals surface area (Å²) in [5.41, 5.74) is 4.15. The average molecular weight is 304 g/mol. The molecule has 0 saturated carbocycles. The fourth-order valence-corrected chi connectivity index (χ4v) is 2.18. The second-order valence-electron chi connectivity index (χ2n) is 4.59. The van der Waals surface area contributed by atoms with Crippen LogP contribution >= 0.6 is 11.6 Å². The van der Waals surface area contributed by atoms with E-state index in [0.717, 1.165) is 10.9 Å². The molecule has 0 spiro atoms. The van der Waals surface area contributed by atoms with Gasteiger partial charge in [0.2, 0.25) is 5.95 Å². The summed E-state index contributed by atoms with van der Waals surface area (Å²) >= 11 is 5.90. The lowest BCUT2D eigenvalue weighted by Gasteiger charge is -2.16. The number of hydrogen-bond donors (Lipinski definition) is 4. The Labute approximate surface area is 125 Å². The number of aromatic amines is 1. The maximum absolute atomic E-state index is 5.90. The Morgan fingerprint density at radius 1 is 1.24 bits per heavy atom. The number of nitrogens with zero attached hydrogens (tertiary/aromatic N) is 3. The Morgan fingerprint density at radius 3 is 2.71 bits per heavy atom. The third-order valence-corrected chi connectivity index (χ3v) is 3.41. The minimum absolute atomic E-state index is 0.0425. The number of anilines is 2. The summed E-state index contributed by atoms with van der Waals surface area (Å²) < 4.78 is 0. The van der Waals surface area contributed by atoms with Crippen molar-refractivity contribution in [3.63, 3.8) is 0 Å². The van der Waals surface area contributed by atoms with Gasteiger partial charge in [0, 0.05) is 11.1 Å². The van der Waals surface area contributed by atoms with Crippen LogP contribution in [0, 0.1) is 0 Å². The maximum atomic E-state index is 5.90. The van der Waals surface area contributed by atoms with Gasteiger partial charge in [0.15, 0.2) is 5.65 Å². The number of nitrogens with one attached hydrogen (secondary N) is 3. The summed E-state index contributed by atoms with van der Waals surface area (Å²) in [6.45, 7) is 2.03. The molecule has 2 aromatic heterocycles. The van der Waals surface area contributed by atoms with Crippen molar-refractivity contribution in [2.75, 3.05) is 10.7 Å². The number of H-pyrrole nitrogens is 1. The van der Waals surface area contributed by atoms with E-state index in [1.54, 1.807) is 6.20 Å². The van der Waals surface area contributed by atoms with Crippen molar-refractivity contribution in [2.24, 2.45) is 5.84 Å². The van der Waals surface area contributed by atoms with Gasteiger partial charge >= 0.3 is 0 Å².